The molecule has 0 saturated heterocycles. The first kappa shape index (κ1) is 29.2. The van der Waals surface area contributed by atoms with Crippen LogP contribution in [-0.4, -0.2) is 28.7 Å². The summed E-state index contributed by atoms with van der Waals surface area (Å²) in [7, 11) is 0. The van der Waals surface area contributed by atoms with E-state index in [2.05, 4.69) is 9.47 Å². The van der Waals surface area contributed by atoms with Crippen molar-refractivity contribution in [2.45, 2.75) is 0 Å². The van der Waals surface area contributed by atoms with Crippen LogP contribution >= 0.6 is 0 Å². The summed E-state index contributed by atoms with van der Waals surface area (Å²) in [6.07, 6.45) is -5.64. The van der Waals surface area contributed by atoms with Gasteiger partial charge in [0.25, 0.3) is 0 Å². The summed E-state index contributed by atoms with van der Waals surface area (Å²) < 4.78 is 6.47. The molecule has 0 aliphatic heterocycles. The topological polar surface area (TPSA) is 180 Å². The molecule has 0 unspecified atom stereocenters. The van der Waals surface area contributed by atoms with E-state index >= 15 is 0 Å². The van der Waals surface area contributed by atoms with Crippen LogP contribution in [0.25, 0.3) is 0 Å². The van der Waals surface area contributed by atoms with Gasteiger partial charge >= 0.3 is 77.6 Å². The van der Waals surface area contributed by atoms with E-state index in [1.54, 1.807) is 0 Å². The van der Waals surface area contributed by atoms with Crippen molar-refractivity contribution in [1.82, 2.24) is 12.3 Å². The first-order valence-corrected chi connectivity index (χ1v) is 1.88. The molecule has 76 valence electrons. The number of carbonyl (C=O) groups is 3. The standard InChI is InChI=1S/C3H2O7.2H3N.2Na.2H/c4-1(5)9-3(8)10-2(6)7;;;;;;/h(H,4,5)(H,6,7);2*1H3;;;;/q;;;2*+1;2*-1. The van der Waals surface area contributed by atoms with Crippen LogP contribution in [0.3, 0.4) is 0 Å². The Morgan fingerprint density at radius 3 is 1.21 bits per heavy atom. The first-order valence-electron chi connectivity index (χ1n) is 1.88. The molecule has 0 bridgehead atoms. The Morgan fingerprint density at radius 2 is 1.07 bits per heavy atom. The average Bonchev–Trinajstić information content (AvgIpc) is 1.58. The van der Waals surface area contributed by atoms with Gasteiger partial charge in [0, 0.05) is 0 Å². The number of rotatable bonds is 0. The van der Waals surface area contributed by atoms with Crippen LogP contribution in [0.4, 0.5) is 14.4 Å². The molecule has 0 radical (unpaired) electrons. The van der Waals surface area contributed by atoms with Crippen molar-refractivity contribution in [1.29, 1.82) is 0 Å². The van der Waals surface area contributed by atoms with Crippen molar-refractivity contribution in [3.8, 4) is 0 Å². The molecule has 0 saturated carbocycles. The molecule has 0 fully saturated rings. The number of carbonyl (C=O) groups excluding carboxylic acids is 1. The summed E-state index contributed by atoms with van der Waals surface area (Å²) in [5.41, 5.74) is 0. The first-order chi connectivity index (χ1) is 4.52. The predicted octanol–water partition coefficient (Wildman–Crippen LogP) is -4.95. The summed E-state index contributed by atoms with van der Waals surface area (Å²) in [5, 5.41) is 15.4. The van der Waals surface area contributed by atoms with Crippen molar-refractivity contribution < 1.29 is 96.0 Å². The largest absolute Gasteiger partial charge is 1.00 e. The van der Waals surface area contributed by atoms with Crippen molar-refractivity contribution in [3.05, 3.63) is 0 Å². The molecule has 0 aliphatic carbocycles. The Labute approximate surface area is 126 Å². The monoisotopic (exact) mass is 232 g/mol. The van der Waals surface area contributed by atoms with Gasteiger partial charge in [0.1, 0.15) is 0 Å². The number of hydrogen-bond donors (Lipinski definition) is 4. The number of hydrogen-bond acceptors (Lipinski definition) is 7. The fourth-order valence-corrected chi connectivity index (χ4v) is 0.163. The molecule has 0 rings (SSSR count). The Morgan fingerprint density at radius 1 is 0.857 bits per heavy atom. The van der Waals surface area contributed by atoms with Gasteiger partial charge in [0.15, 0.2) is 0 Å². The molecule has 0 atom stereocenters. The molecule has 11 heteroatoms. The number of ether oxygens (including phenoxy) is 2. The SMILES string of the molecule is N.N.O=C(O)OC(=O)OC(=O)O.[H-].[H-].[Na+].[Na+]. The second-order valence-corrected chi connectivity index (χ2v) is 0.986. The predicted molar refractivity (Wildman–Crippen MR) is 35.9 cm³/mol. The summed E-state index contributed by atoms with van der Waals surface area (Å²) in [6.45, 7) is 0. The van der Waals surface area contributed by atoms with Gasteiger partial charge in [-0.05, 0) is 0 Å². The molecule has 0 heterocycles. The van der Waals surface area contributed by atoms with Gasteiger partial charge in [0.2, 0.25) is 0 Å². The smallest absolute Gasteiger partial charge is 1.00 e. The van der Waals surface area contributed by atoms with Crippen LogP contribution < -0.4 is 71.4 Å². The van der Waals surface area contributed by atoms with Crippen molar-refractivity contribution in [2.75, 3.05) is 0 Å². The molecule has 0 aromatic carbocycles. The molecule has 0 aliphatic rings. The molecule has 0 amide bonds. The van der Waals surface area contributed by atoms with Crippen LogP contribution in [0, 0.1) is 0 Å². The second kappa shape index (κ2) is 15.6. The average molecular weight is 232 g/mol. The normalized spacial score (nSPS) is 5.71. The van der Waals surface area contributed by atoms with E-state index in [1.807, 2.05) is 0 Å². The van der Waals surface area contributed by atoms with E-state index in [0.29, 0.717) is 0 Å². The third-order valence-electron chi connectivity index (χ3n) is 0.341. The third-order valence-corrected chi connectivity index (χ3v) is 0.341. The van der Waals surface area contributed by atoms with E-state index < -0.39 is 18.5 Å². The van der Waals surface area contributed by atoms with Gasteiger partial charge in [-0.25, -0.2) is 14.4 Å². The van der Waals surface area contributed by atoms with Crippen molar-refractivity contribution >= 4 is 18.5 Å². The maximum atomic E-state index is 9.86. The zero-order valence-electron chi connectivity index (χ0n) is 9.85. The van der Waals surface area contributed by atoms with Crippen LogP contribution in [0.1, 0.15) is 2.85 Å². The second-order valence-electron chi connectivity index (χ2n) is 0.986. The van der Waals surface area contributed by atoms with Crippen LogP contribution in [0.15, 0.2) is 0 Å². The Bertz CT molecular complexity index is 176. The summed E-state index contributed by atoms with van der Waals surface area (Å²) >= 11 is 0. The van der Waals surface area contributed by atoms with E-state index in [9.17, 15) is 14.4 Å². The van der Waals surface area contributed by atoms with Gasteiger partial charge < -0.3 is 34.8 Å². The molecule has 14 heavy (non-hydrogen) atoms. The molecule has 9 nitrogen and oxygen atoms in total. The minimum absolute atomic E-state index is 0. The fraction of sp³-hybridized carbons (Fsp3) is 0. The van der Waals surface area contributed by atoms with Gasteiger partial charge in [-0.15, -0.1) is 0 Å². The molecule has 0 spiro atoms. The van der Waals surface area contributed by atoms with Crippen LogP contribution in [0.2, 0.25) is 0 Å². The number of carboxylic acid groups (broad SMARTS) is 2. The zero-order chi connectivity index (χ0) is 8.15. The Hall–Kier alpha value is 0.130. The Balaban J connectivity index is -0.0000000270. The third kappa shape index (κ3) is 22.7. The molecular formula is C3H10N2Na2O7. The van der Waals surface area contributed by atoms with E-state index in [0.717, 1.165) is 0 Å². The zero-order valence-corrected chi connectivity index (χ0v) is 11.8. The summed E-state index contributed by atoms with van der Waals surface area (Å²) in [5.74, 6) is 0. The van der Waals surface area contributed by atoms with Gasteiger partial charge in [-0.1, -0.05) is 0 Å². The van der Waals surface area contributed by atoms with Crippen LogP contribution in [0.5, 0.6) is 0 Å². The molecule has 0 aromatic heterocycles. The summed E-state index contributed by atoms with van der Waals surface area (Å²) in [4.78, 5) is 28.8. The van der Waals surface area contributed by atoms with Crippen molar-refractivity contribution in [3.63, 3.8) is 0 Å². The molecule has 0 aromatic rings. The fourth-order valence-electron chi connectivity index (χ4n) is 0.163. The van der Waals surface area contributed by atoms with E-state index in [-0.39, 0.29) is 74.3 Å². The van der Waals surface area contributed by atoms with Gasteiger partial charge in [-0.3, -0.25) is 0 Å². The van der Waals surface area contributed by atoms with Crippen LogP contribution in [-0.2, 0) is 9.47 Å². The van der Waals surface area contributed by atoms with Gasteiger partial charge in [0.05, 0.1) is 0 Å². The Kier molecular flexibility index (Phi) is 32.6. The minimum Gasteiger partial charge on any atom is -1.00 e. The minimum atomic E-state index is -1.92. The summed E-state index contributed by atoms with van der Waals surface area (Å²) in [6, 6.07) is 0. The van der Waals surface area contributed by atoms with Gasteiger partial charge in [-0.2, -0.15) is 0 Å². The maximum absolute atomic E-state index is 9.86. The van der Waals surface area contributed by atoms with E-state index in [1.165, 1.54) is 0 Å². The quantitative estimate of drug-likeness (QED) is 0.180. The molecule has 8 N–H and O–H groups in total. The maximum Gasteiger partial charge on any atom is 1.00 e. The van der Waals surface area contributed by atoms with E-state index in [4.69, 9.17) is 10.2 Å². The molecular weight excluding hydrogens is 222 g/mol. The van der Waals surface area contributed by atoms with Crippen molar-refractivity contribution in [2.24, 2.45) is 0 Å².